The molecule has 0 radical (unpaired) electrons. The molecular weight excluding hydrogens is 218 g/mol. The van der Waals surface area contributed by atoms with Gasteiger partial charge in [0.25, 0.3) is 0 Å². The average molecular weight is 239 g/mol. The summed E-state index contributed by atoms with van der Waals surface area (Å²) in [6, 6.07) is 0.247. The van der Waals surface area contributed by atoms with Gasteiger partial charge in [-0.15, -0.1) is 0 Å². The number of amides is 1. The van der Waals surface area contributed by atoms with E-state index in [9.17, 15) is 4.79 Å². The van der Waals surface area contributed by atoms with Crippen LogP contribution in [0.3, 0.4) is 0 Å². The van der Waals surface area contributed by atoms with E-state index in [1.165, 1.54) is 0 Å². The molecule has 96 valence electrons. The van der Waals surface area contributed by atoms with Gasteiger partial charge in [-0.1, -0.05) is 6.92 Å². The van der Waals surface area contributed by atoms with E-state index in [1.54, 1.807) is 0 Å². The minimum Gasteiger partial charge on any atom is -0.343 e. The predicted octanol–water partition coefficient (Wildman–Crippen LogP) is 1.54. The number of fused-ring (bicyclic) bond motifs is 3. The van der Waals surface area contributed by atoms with Crippen LogP contribution in [0.25, 0.3) is 0 Å². The summed E-state index contributed by atoms with van der Waals surface area (Å²) >= 11 is 0. The standard InChI is InChI=1S/C13H21NO3/c1-4-8-5-6-9-11-10(7-14(9)12(8)15)16-13(2,3)17-11/h8-11H,4-7H2,1-3H3/t8-,9?,10?,11?/m0/s1. The van der Waals surface area contributed by atoms with Gasteiger partial charge in [0.1, 0.15) is 12.2 Å². The van der Waals surface area contributed by atoms with Crippen molar-refractivity contribution in [1.82, 2.24) is 4.90 Å². The molecule has 0 aliphatic carbocycles. The number of ether oxygens (including phenoxy) is 2. The van der Waals surface area contributed by atoms with Crippen molar-refractivity contribution in [3.8, 4) is 0 Å². The average Bonchev–Trinajstić information content (AvgIpc) is 2.72. The van der Waals surface area contributed by atoms with Gasteiger partial charge in [-0.2, -0.15) is 0 Å². The Morgan fingerprint density at radius 2 is 2.12 bits per heavy atom. The molecule has 17 heavy (non-hydrogen) atoms. The van der Waals surface area contributed by atoms with Crippen LogP contribution in [0.4, 0.5) is 0 Å². The zero-order valence-corrected chi connectivity index (χ0v) is 10.8. The summed E-state index contributed by atoms with van der Waals surface area (Å²) in [5, 5.41) is 0. The summed E-state index contributed by atoms with van der Waals surface area (Å²) in [5.41, 5.74) is 0. The van der Waals surface area contributed by atoms with Crippen LogP contribution in [-0.4, -0.2) is 41.4 Å². The highest BCUT2D eigenvalue weighted by atomic mass is 16.8. The second-order valence-electron chi connectivity index (χ2n) is 5.88. The molecule has 4 heteroatoms. The zero-order chi connectivity index (χ0) is 12.2. The van der Waals surface area contributed by atoms with Crippen LogP contribution in [0.1, 0.15) is 40.0 Å². The fraction of sp³-hybridized carbons (Fsp3) is 0.923. The van der Waals surface area contributed by atoms with Crippen molar-refractivity contribution in [3.05, 3.63) is 0 Å². The Hall–Kier alpha value is -0.610. The van der Waals surface area contributed by atoms with Crippen molar-refractivity contribution in [2.75, 3.05) is 6.54 Å². The molecule has 0 saturated carbocycles. The van der Waals surface area contributed by atoms with Crippen molar-refractivity contribution in [3.63, 3.8) is 0 Å². The van der Waals surface area contributed by atoms with Gasteiger partial charge in [0.2, 0.25) is 5.91 Å². The molecule has 3 saturated heterocycles. The number of carbonyl (C=O) groups is 1. The van der Waals surface area contributed by atoms with Crippen LogP contribution in [-0.2, 0) is 14.3 Å². The predicted molar refractivity (Wildman–Crippen MR) is 62.3 cm³/mol. The summed E-state index contributed by atoms with van der Waals surface area (Å²) in [6.45, 7) is 6.72. The normalized spacial score (nSPS) is 43.7. The van der Waals surface area contributed by atoms with Crippen LogP contribution >= 0.6 is 0 Å². The fourth-order valence-corrected chi connectivity index (χ4v) is 3.52. The van der Waals surface area contributed by atoms with Gasteiger partial charge >= 0.3 is 0 Å². The quantitative estimate of drug-likeness (QED) is 0.696. The van der Waals surface area contributed by atoms with Gasteiger partial charge in [0.15, 0.2) is 5.79 Å². The molecule has 3 aliphatic heterocycles. The van der Waals surface area contributed by atoms with Crippen LogP contribution in [0.2, 0.25) is 0 Å². The Kier molecular flexibility index (Phi) is 2.49. The molecule has 3 aliphatic rings. The molecule has 3 fully saturated rings. The number of hydrogen-bond acceptors (Lipinski definition) is 3. The minimum absolute atomic E-state index is 0.0783. The van der Waals surface area contributed by atoms with Gasteiger partial charge in [-0.05, 0) is 33.1 Å². The first-order valence-corrected chi connectivity index (χ1v) is 6.68. The molecule has 0 aromatic rings. The summed E-state index contributed by atoms with van der Waals surface area (Å²) in [5.74, 6) is 0.0488. The fourth-order valence-electron chi connectivity index (χ4n) is 3.52. The molecule has 0 spiro atoms. The largest absolute Gasteiger partial charge is 0.343 e. The highest BCUT2D eigenvalue weighted by Gasteiger charge is 2.55. The molecule has 1 amide bonds. The highest BCUT2D eigenvalue weighted by Crippen LogP contribution is 2.41. The SMILES string of the molecule is CC[C@H]1CCC2C3OC(C)(C)OC3CN2C1=O. The highest BCUT2D eigenvalue weighted by molar-refractivity contribution is 5.80. The lowest BCUT2D eigenvalue weighted by molar-refractivity contribution is -0.171. The molecule has 0 bridgehead atoms. The molecule has 3 rings (SSSR count). The number of piperidine rings is 1. The van der Waals surface area contributed by atoms with Crippen molar-refractivity contribution >= 4 is 5.91 Å². The van der Waals surface area contributed by atoms with E-state index in [1.807, 2.05) is 18.7 Å². The second-order valence-corrected chi connectivity index (χ2v) is 5.88. The van der Waals surface area contributed by atoms with Gasteiger partial charge in [-0.3, -0.25) is 4.79 Å². The Morgan fingerprint density at radius 1 is 1.35 bits per heavy atom. The molecule has 4 nitrogen and oxygen atoms in total. The van der Waals surface area contributed by atoms with E-state index in [-0.39, 0.29) is 24.2 Å². The van der Waals surface area contributed by atoms with Gasteiger partial charge in [-0.25, -0.2) is 0 Å². The first-order chi connectivity index (χ1) is 8.02. The maximum atomic E-state index is 12.2. The number of nitrogens with zero attached hydrogens (tertiary/aromatic N) is 1. The van der Waals surface area contributed by atoms with E-state index in [0.717, 1.165) is 19.3 Å². The van der Waals surface area contributed by atoms with Crippen LogP contribution in [0, 0.1) is 5.92 Å². The third-order valence-corrected chi connectivity index (χ3v) is 4.31. The zero-order valence-electron chi connectivity index (χ0n) is 10.8. The Balaban J connectivity index is 1.78. The minimum atomic E-state index is -0.480. The maximum absolute atomic E-state index is 12.2. The van der Waals surface area contributed by atoms with Crippen molar-refractivity contribution < 1.29 is 14.3 Å². The van der Waals surface area contributed by atoms with Gasteiger partial charge in [0.05, 0.1) is 12.6 Å². The Labute approximate surface area is 102 Å². The Bertz CT molecular complexity index is 342. The van der Waals surface area contributed by atoms with Gasteiger partial charge < -0.3 is 14.4 Å². The lowest BCUT2D eigenvalue weighted by atomic mass is 9.90. The van der Waals surface area contributed by atoms with E-state index in [0.29, 0.717) is 12.5 Å². The second kappa shape index (κ2) is 3.69. The van der Waals surface area contributed by atoms with E-state index < -0.39 is 5.79 Å². The van der Waals surface area contributed by atoms with E-state index in [4.69, 9.17) is 9.47 Å². The number of hydrogen-bond donors (Lipinski definition) is 0. The third kappa shape index (κ3) is 1.69. The number of rotatable bonds is 1. The molecule has 0 aromatic carbocycles. The van der Waals surface area contributed by atoms with Crippen LogP contribution < -0.4 is 0 Å². The van der Waals surface area contributed by atoms with Crippen molar-refractivity contribution in [2.45, 2.75) is 64.1 Å². The monoisotopic (exact) mass is 239 g/mol. The topological polar surface area (TPSA) is 38.8 Å². The summed E-state index contributed by atoms with van der Waals surface area (Å²) in [6.07, 6.45) is 3.18. The summed E-state index contributed by atoms with van der Waals surface area (Å²) in [4.78, 5) is 14.2. The van der Waals surface area contributed by atoms with Crippen molar-refractivity contribution in [2.24, 2.45) is 5.92 Å². The third-order valence-electron chi connectivity index (χ3n) is 4.31. The molecule has 0 aromatic heterocycles. The van der Waals surface area contributed by atoms with E-state index >= 15 is 0 Å². The lowest BCUT2D eigenvalue weighted by Gasteiger charge is -2.36. The molecule has 0 N–H and O–H groups in total. The first-order valence-electron chi connectivity index (χ1n) is 6.68. The van der Waals surface area contributed by atoms with Crippen molar-refractivity contribution in [1.29, 1.82) is 0 Å². The van der Waals surface area contributed by atoms with Gasteiger partial charge in [0, 0.05) is 5.92 Å². The first kappa shape index (κ1) is 11.5. The summed E-state index contributed by atoms with van der Waals surface area (Å²) in [7, 11) is 0. The molecule has 4 atom stereocenters. The summed E-state index contributed by atoms with van der Waals surface area (Å²) < 4.78 is 11.8. The molecule has 3 unspecified atom stereocenters. The smallest absolute Gasteiger partial charge is 0.226 e. The lowest BCUT2D eigenvalue weighted by Crippen LogP contribution is -2.48. The van der Waals surface area contributed by atoms with Crippen LogP contribution in [0.15, 0.2) is 0 Å². The Morgan fingerprint density at radius 3 is 2.82 bits per heavy atom. The molecular formula is C13H21NO3. The number of carbonyl (C=O) groups excluding carboxylic acids is 1. The maximum Gasteiger partial charge on any atom is 0.226 e. The van der Waals surface area contributed by atoms with E-state index in [2.05, 4.69) is 6.92 Å². The molecule has 3 heterocycles. The van der Waals surface area contributed by atoms with Crippen LogP contribution in [0.5, 0.6) is 0 Å².